The SMILES string of the molecule is COCCS(=O)CCNC1CC1. The van der Waals surface area contributed by atoms with Gasteiger partial charge in [0.25, 0.3) is 0 Å². The van der Waals surface area contributed by atoms with Crippen LogP contribution in [0.4, 0.5) is 0 Å². The number of ether oxygens (including phenoxy) is 1. The maximum Gasteiger partial charge on any atom is 0.0577 e. The molecular weight excluding hydrogens is 174 g/mol. The van der Waals surface area contributed by atoms with Crippen molar-refractivity contribution in [3.63, 3.8) is 0 Å². The first-order valence-corrected chi connectivity index (χ1v) is 5.89. The Morgan fingerprint density at radius 1 is 1.50 bits per heavy atom. The van der Waals surface area contributed by atoms with Gasteiger partial charge >= 0.3 is 0 Å². The highest BCUT2D eigenvalue weighted by molar-refractivity contribution is 7.85. The summed E-state index contributed by atoms with van der Waals surface area (Å²) in [6.45, 7) is 1.50. The lowest BCUT2D eigenvalue weighted by atomic mass is 10.6. The van der Waals surface area contributed by atoms with Gasteiger partial charge in [0.1, 0.15) is 0 Å². The van der Waals surface area contributed by atoms with Gasteiger partial charge in [-0.05, 0) is 12.8 Å². The molecule has 1 rings (SSSR count). The second kappa shape index (κ2) is 5.67. The van der Waals surface area contributed by atoms with Crippen molar-refractivity contribution >= 4 is 10.8 Å². The van der Waals surface area contributed by atoms with Crippen molar-refractivity contribution in [1.82, 2.24) is 5.32 Å². The van der Waals surface area contributed by atoms with E-state index in [1.165, 1.54) is 12.8 Å². The molecule has 1 saturated carbocycles. The number of hydrogen-bond donors (Lipinski definition) is 1. The van der Waals surface area contributed by atoms with Gasteiger partial charge in [-0.1, -0.05) is 0 Å². The van der Waals surface area contributed by atoms with E-state index in [0.29, 0.717) is 12.4 Å². The molecular formula is C8H17NO2S. The fraction of sp³-hybridized carbons (Fsp3) is 1.00. The fourth-order valence-corrected chi connectivity index (χ4v) is 1.84. The van der Waals surface area contributed by atoms with Crippen LogP contribution in [0.25, 0.3) is 0 Å². The largest absolute Gasteiger partial charge is 0.384 e. The van der Waals surface area contributed by atoms with Crippen LogP contribution in [-0.2, 0) is 15.5 Å². The van der Waals surface area contributed by atoms with Crippen LogP contribution in [0.5, 0.6) is 0 Å². The molecule has 0 spiro atoms. The van der Waals surface area contributed by atoms with Crippen LogP contribution in [0.15, 0.2) is 0 Å². The van der Waals surface area contributed by atoms with Crippen LogP contribution >= 0.6 is 0 Å². The minimum Gasteiger partial charge on any atom is -0.384 e. The Morgan fingerprint density at radius 2 is 2.25 bits per heavy atom. The molecule has 0 aliphatic heterocycles. The quantitative estimate of drug-likeness (QED) is 0.622. The average molecular weight is 191 g/mol. The summed E-state index contributed by atoms with van der Waals surface area (Å²) in [6.07, 6.45) is 2.59. The van der Waals surface area contributed by atoms with Crippen LogP contribution in [0, 0.1) is 0 Å². The third kappa shape index (κ3) is 4.85. The normalized spacial score (nSPS) is 19.4. The lowest BCUT2D eigenvalue weighted by Gasteiger charge is -2.02. The second-order valence-electron chi connectivity index (χ2n) is 3.07. The van der Waals surface area contributed by atoms with Gasteiger partial charge in [-0.2, -0.15) is 0 Å². The minimum absolute atomic E-state index is 0.607. The van der Waals surface area contributed by atoms with Crippen molar-refractivity contribution in [1.29, 1.82) is 0 Å². The van der Waals surface area contributed by atoms with E-state index in [9.17, 15) is 4.21 Å². The van der Waals surface area contributed by atoms with E-state index < -0.39 is 10.8 Å². The van der Waals surface area contributed by atoms with Gasteiger partial charge < -0.3 is 10.1 Å². The highest BCUT2D eigenvalue weighted by Gasteiger charge is 2.19. The van der Waals surface area contributed by atoms with Crippen molar-refractivity contribution in [3.05, 3.63) is 0 Å². The van der Waals surface area contributed by atoms with Crippen molar-refractivity contribution in [3.8, 4) is 0 Å². The van der Waals surface area contributed by atoms with Crippen molar-refractivity contribution in [2.75, 3.05) is 31.8 Å². The van der Waals surface area contributed by atoms with Gasteiger partial charge in [0.05, 0.1) is 6.61 Å². The third-order valence-electron chi connectivity index (χ3n) is 1.86. The maximum atomic E-state index is 11.2. The third-order valence-corrected chi connectivity index (χ3v) is 3.14. The monoisotopic (exact) mass is 191 g/mol. The highest BCUT2D eigenvalue weighted by atomic mass is 32.2. The zero-order valence-electron chi connectivity index (χ0n) is 7.54. The van der Waals surface area contributed by atoms with Gasteiger partial charge in [-0.15, -0.1) is 0 Å². The highest BCUT2D eigenvalue weighted by Crippen LogP contribution is 2.17. The maximum absolute atomic E-state index is 11.2. The van der Waals surface area contributed by atoms with Gasteiger partial charge in [-0.25, -0.2) is 0 Å². The molecule has 1 atom stereocenters. The van der Waals surface area contributed by atoms with E-state index in [1.54, 1.807) is 7.11 Å². The van der Waals surface area contributed by atoms with Crippen LogP contribution in [0.2, 0.25) is 0 Å². The zero-order chi connectivity index (χ0) is 8.81. The Morgan fingerprint density at radius 3 is 2.83 bits per heavy atom. The summed E-state index contributed by atoms with van der Waals surface area (Å²) in [4.78, 5) is 0. The summed E-state index contributed by atoms with van der Waals surface area (Å²) in [5.41, 5.74) is 0. The molecule has 72 valence electrons. The van der Waals surface area contributed by atoms with Crippen LogP contribution in [-0.4, -0.2) is 42.0 Å². The Hall–Kier alpha value is 0.0700. The van der Waals surface area contributed by atoms with Gasteiger partial charge in [0, 0.05) is 42.0 Å². The Balaban J connectivity index is 1.86. The molecule has 1 unspecified atom stereocenters. The molecule has 0 heterocycles. The topological polar surface area (TPSA) is 38.3 Å². The number of methoxy groups -OCH3 is 1. The Labute approximate surface area is 76.3 Å². The second-order valence-corrected chi connectivity index (χ2v) is 4.77. The average Bonchev–Trinajstić information content (AvgIpc) is 2.84. The minimum atomic E-state index is -0.696. The van der Waals surface area contributed by atoms with Gasteiger partial charge in [-0.3, -0.25) is 4.21 Å². The lowest BCUT2D eigenvalue weighted by Crippen LogP contribution is -2.23. The van der Waals surface area contributed by atoms with E-state index in [1.807, 2.05) is 0 Å². The predicted octanol–water partition coefficient (Wildman–Crippen LogP) is 0.133. The van der Waals surface area contributed by atoms with E-state index in [4.69, 9.17) is 4.74 Å². The molecule has 0 aromatic rings. The number of hydrogen-bond acceptors (Lipinski definition) is 3. The van der Waals surface area contributed by atoms with E-state index in [-0.39, 0.29) is 0 Å². The van der Waals surface area contributed by atoms with Crippen LogP contribution < -0.4 is 5.32 Å². The molecule has 0 amide bonds. The summed E-state index contributed by atoms with van der Waals surface area (Å²) >= 11 is 0. The molecule has 12 heavy (non-hydrogen) atoms. The van der Waals surface area contributed by atoms with E-state index in [2.05, 4.69) is 5.32 Å². The van der Waals surface area contributed by atoms with Gasteiger partial charge in [0.15, 0.2) is 0 Å². The van der Waals surface area contributed by atoms with Crippen molar-refractivity contribution in [2.45, 2.75) is 18.9 Å². The summed E-state index contributed by atoms with van der Waals surface area (Å²) in [5, 5.41) is 3.33. The van der Waals surface area contributed by atoms with Crippen LogP contribution in [0.1, 0.15) is 12.8 Å². The number of nitrogens with one attached hydrogen (secondary N) is 1. The molecule has 0 aromatic heterocycles. The van der Waals surface area contributed by atoms with Crippen LogP contribution in [0.3, 0.4) is 0 Å². The summed E-state index contributed by atoms with van der Waals surface area (Å²) in [6, 6.07) is 0.726. The van der Waals surface area contributed by atoms with Crippen molar-refractivity contribution < 1.29 is 8.95 Å². The van der Waals surface area contributed by atoms with E-state index >= 15 is 0 Å². The molecule has 0 bridgehead atoms. The molecule has 4 heteroatoms. The van der Waals surface area contributed by atoms with Crippen molar-refractivity contribution in [2.24, 2.45) is 0 Å². The molecule has 1 N–H and O–H groups in total. The Bertz CT molecular complexity index is 148. The molecule has 0 aromatic carbocycles. The predicted molar refractivity (Wildman–Crippen MR) is 50.8 cm³/mol. The van der Waals surface area contributed by atoms with Gasteiger partial charge in [0.2, 0.25) is 0 Å². The molecule has 0 saturated heterocycles. The first kappa shape index (κ1) is 10.2. The molecule has 1 aliphatic carbocycles. The number of rotatable bonds is 7. The molecule has 1 aliphatic rings. The smallest absolute Gasteiger partial charge is 0.0577 e. The first-order valence-electron chi connectivity index (χ1n) is 4.40. The summed E-state index contributed by atoms with van der Waals surface area (Å²) < 4.78 is 16.0. The fourth-order valence-electron chi connectivity index (χ4n) is 0.943. The summed E-state index contributed by atoms with van der Waals surface area (Å²) in [7, 11) is 0.942. The first-order chi connectivity index (χ1) is 5.83. The molecule has 3 nitrogen and oxygen atoms in total. The standard InChI is InChI=1S/C8H17NO2S/c1-11-5-7-12(10)6-4-9-8-2-3-8/h8-9H,2-7H2,1H3. The Kier molecular flexibility index (Phi) is 4.80. The zero-order valence-corrected chi connectivity index (χ0v) is 8.36. The molecule has 0 radical (unpaired) electrons. The molecule has 1 fully saturated rings. The summed E-state index contributed by atoms with van der Waals surface area (Å²) in [5.74, 6) is 1.43. The van der Waals surface area contributed by atoms with E-state index in [0.717, 1.165) is 18.3 Å². The lowest BCUT2D eigenvalue weighted by molar-refractivity contribution is 0.218.